The summed E-state index contributed by atoms with van der Waals surface area (Å²) in [5.41, 5.74) is 1.40. The van der Waals surface area contributed by atoms with E-state index in [0.717, 1.165) is 0 Å². The van der Waals surface area contributed by atoms with Crippen LogP contribution in [0, 0.1) is 6.92 Å². The quantitative estimate of drug-likeness (QED) is 0.722. The summed E-state index contributed by atoms with van der Waals surface area (Å²) in [6.07, 6.45) is 0. The zero-order valence-corrected chi connectivity index (χ0v) is 17.0. The van der Waals surface area contributed by atoms with E-state index in [2.05, 4.69) is 0 Å². The maximum atomic E-state index is 11.3. The third-order valence-electron chi connectivity index (χ3n) is 3.34. The number of carbonyl (C=O) groups is 1. The molecule has 0 aliphatic rings. The summed E-state index contributed by atoms with van der Waals surface area (Å²) in [7, 11) is 0. The fourth-order valence-corrected chi connectivity index (χ4v) is 2.47. The molecule has 0 heterocycles. The summed E-state index contributed by atoms with van der Waals surface area (Å²) < 4.78 is 0. The van der Waals surface area contributed by atoms with Crippen LogP contribution in [0.3, 0.4) is 0 Å². The van der Waals surface area contributed by atoms with Crippen LogP contribution in [0.2, 0.25) is 0 Å². The third-order valence-corrected chi connectivity index (χ3v) is 3.34. The standard InChI is InChI=1S/C16H24O3.K/c1-9-10(14(18)19)8-11(15(2,3)4)13(17)12(9)16(5,6)7;/h8,17H,1-7H3,(H,18,19);/q;+1/p-1. The molecule has 0 fully saturated rings. The van der Waals surface area contributed by atoms with Crippen molar-refractivity contribution in [2.75, 3.05) is 0 Å². The average molecular weight is 302 g/mol. The molecule has 0 bridgehead atoms. The molecule has 106 valence electrons. The molecule has 0 radical (unpaired) electrons. The Morgan fingerprint density at radius 3 is 1.85 bits per heavy atom. The van der Waals surface area contributed by atoms with Crippen LogP contribution in [0.15, 0.2) is 6.07 Å². The Bertz CT molecular complexity index is 520. The minimum absolute atomic E-state index is 0. The number of phenolic OH excluding ortho intramolecular Hbond substituents is 1. The van der Waals surface area contributed by atoms with E-state index in [4.69, 9.17) is 0 Å². The number of hydrogen-bond donors (Lipinski definition) is 1. The zero-order valence-electron chi connectivity index (χ0n) is 13.8. The van der Waals surface area contributed by atoms with Crippen LogP contribution >= 0.6 is 0 Å². The molecule has 0 saturated carbocycles. The van der Waals surface area contributed by atoms with Gasteiger partial charge in [-0.2, -0.15) is 0 Å². The van der Waals surface area contributed by atoms with Gasteiger partial charge < -0.3 is 15.0 Å². The van der Waals surface area contributed by atoms with E-state index in [1.54, 1.807) is 6.92 Å². The normalized spacial score (nSPS) is 11.9. The van der Waals surface area contributed by atoms with Crippen LogP contribution < -0.4 is 56.5 Å². The minimum Gasteiger partial charge on any atom is -0.545 e. The molecule has 4 heteroatoms. The first-order chi connectivity index (χ1) is 8.37. The van der Waals surface area contributed by atoms with Crippen molar-refractivity contribution >= 4 is 5.97 Å². The number of benzene rings is 1. The molecule has 0 atom stereocenters. The van der Waals surface area contributed by atoms with Gasteiger partial charge in [0.05, 0.1) is 5.97 Å². The number of carboxylic acid groups (broad SMARTS) is 1. The van der Waals surface area contributed by atoms with Gasteiger partial charge in [0.1, 0.15) is 5.75 Å². The molecule has 1 aromatic carbocycles. The molecule has 0 unspecified atom stereocenters. The number of hydrogen-bond acceptors (Lipinski definition) is 3. The van der Waals surface area contributed by atoms with Crippen molar-refractivity contribution < 1.29 is 66.4 Å². The van der Waals surface area contributed by atoms with Crippen LogP contribution in [0.4, 0.5) is 0 Å². The molecular weight excluding hydrogens is 279 g/mol. The largest absolute Gasteiger partial charge is 1.00 e. The Hall–Kier alpha value is 0.126. The number of rotatable bonds is 1. The number of phenols is 1. The van der Waals surface area contributed by atoms with Gasteiger partial charge in [0.25, 0.3) is 0 Å². The van der Waals surface area contributed by atoms with Crippen LogP contribution in [-0.4, -0.2) is 11.1 Å². The Kier molecular flexibility index (Phi) is 6.53. The van der Waals surface area contributed by atoms with Gasteiger partial charge in [-0.1, -0.05) is 41.5 Å². The number of aromatic hydroxyl groups is 1. The maximum absolute atomic E-state index is 11.3. The molecule has 1 N–H and O–H groups in total. The van der Waals surface area contributed by atoms with E-state index in [-0.39, 0.29) is 73.5 Å². The van der Waals surface area contributed by atoms with E-state index in [9.17, 15) is 15.0 Å². The van der Waals surface area contributed by atoms with E-state index >= 15 is 0 Å². The second-order valence-electron chi connectivity index (χ2n) is 7.11. The van der Waals surface area contributed by atoms with E-state index in [1.807, 2.05) is 41.5 Å². The van der Waals surface area contributed by atoms with E-state index in [0.29, 0.717) is 16.7 Å². The Morgan fingerprint density at radius 1 is 1.10 bits per heavy atom. The predicted octanol–water partition coefficient (Wildman–Crippen LogP) is -0.337. The maximum Gasteiger partial charge on any atom is 1.00 e. The first-order valence-corrected chi connectivity index (χ1v) is 6.46. The van der Waals surface area contributed by atoms with Crippen molar-refractivity contribution in [3.63, 3.8) is 0 Å². The smallest absolute Gasteiger partial charge is 0.545 e. The van der Waals surface area contributed by atoms with Crippen LogP contribution in [-0.2, 0) is 10.8 Å². The average Bonchev–Trinajstić information content (AvgIpc) is 2.12. The van der Waals surface area contributed by atoms with Gasteiger partial charge in [-0.05, 0) is 29.4 Å². The van der Waals surface area contributed by atoms with E-state index < -0.39 is 5.97 Å². The molecular formula is C16H23KO3. The fourth-order valence-electron chi connectivity index (χ4n) is 2.47. The molecule has 1 rings (SSSR count). The van der Waals surface area contributed by atoms with Gasteiger partial charge in [0, 0.05) is 16.7 Å². The van der Waals surface area contributed by atoms with Crippen molar-refractivity contribution in [1.82, 2.24) is 0 Å². The molecule has 0 aromatic heterocycles. The predicted molar refractivity (Wildman–Crippen MR) is 74.6 cm³/mol. The monoisotopic (exact) mass is 302 g/mol. The SMILES string of the molecule is Cc1c(C(=O)[O-])cc(C(C)(C)C)c(O)c1C(C)(C)C.[K+]. The summed E-state index contributed by atoms with van der Waals surface area (Å²) in [6.45, 7) is 13.4. The van der Waals surface area contributed by atoms with Crippen molar-refractivity contribution in [1.29, 1.82) is 0 Å². The Labute approximate surface area is 164 Å². The minimum atomic E-state index is -1.20. The molecule has 3 nitrogen and oxygen atoms in total. The van der Waals surface area contributed by atoms with Crippen molar-refractivity contribution in [2.45, 2.75) is 59.3 Å². The van der Waals surface area contributed by atoms with Crippen molar-refractivity contribution in [2.24, 2.45) is 0 Å². The van der Waals surface area contributed by atoms with Crippen LogP contribution in [0.25, 0.3) is 0 Å². The zero-order chi connectivity index (χ0) is 15.2. The van der Waals surface area contributed by atoms with Crippen molar-refractivity contribution in [3.05, 3.63) is 28.3 Å². The summed E-state index contributed by atoms with van der Waals surface area (Å²) >= 11 is 0. The van der Waals surface area contributed by atoms with Gasteiger partial charge in [-0.3, -0.25) is 0 Å². The molecule has 0 saturated heterocycles. The third kappa shape index (κ3) is 4.07. The fraction of sp³-hybridized carbons (Fsp3) is 0.562. The van der Waals surface area contributed by atoms with E-state index in [1.165, 1.54) is 6.07 Å². The van der Waals surface area contributed by atoms with Gasteiger partial charge in [-0.25, -0.2) is 0 Å². The van der Waals surface area contributed by atoms with Gasteiger partial charge in [-0.15, -0.1) is 0 Å². The second kappa shape index (κ2) is 6.49. The van der Waals surface area contributed by atoms with Gasteiger partial charge in [0.2, 0.25) is 0 Å². The second-order valence-corrected chi connectivity index (χ2v) is 7.11. The summed E-state index contributed by atoms with van der Waals surface area (Å²) in [5, 5.41) is 21.8. The first-order valence-electron chi connectivity index (χ1n) is 6.46. The Morgan fingerprint density at radius 2 is 1.55 bits per heavy atom. The molecule has 0 aliphatic carbocycles. The molecule has 20 heavy (non-hydrogen) atoms. The number of carbonyl (C=O) groups excluding carboxylic acids is 1. The molecule has 1 aromatic rings. The van der Waals surface area contributed by atoms with Crippen LogP contribution in [0.5, 0.6) is 5.75 Å². The van der Waals surface area contributed by atoms with Crippen LogP contribution in [0.1, 0.15) is 68.6 Å². The van der Waals surface area contributed by atoms with Crippen molar-refractivity contribution in [3.8, 4) is 5.75 Å². The van der Waals surface area contributed by atoms with Gasteiger partial charge in [0.15, 0.2) is 0 Å². The topological polar surface area (TPSA) is 60.4 Å². The molecule has 0 amide bonds. The first kappa shape index (κ1) is 20.1. The molecule has 0 spiro atoms. The summed E-state index contributed by atoms with van der Waals surface area (Å²) in [4.78, 5) is 11.3. The Balaban J connectivity index is 0.00000361. The summed E-state index contributed by atoms with van der Waals surface area (Å²) in [5.74, 6) is -1.00. The number of aromatic carboxylic acids is 1. The van der Waals surface area contributed by atoms with Gasteiger partial charge >= 0.3 is 51.4 Å². The number of carboxylic acids is 1. The molecule has 0 aliphatic heterocycles. The summed E-state index contributed by atoms with van der Waals surface area (Å²) in [6, 6.07) is 1.54.